The first kappa shape index (κ1) is 33.1. The first-order chi connectivity index (χ1) is 22.2. The van der Waals surface area contributed by atoms with Crippen LogP contribution in [0.2, 0.25) is 5.02 Å². The molecule has 0 aliphatic carbocycles. The van der Waals surface area contributed by atoms with Crippen molar-refractivity contribution in [1.82, 2.24) is 14.9 Å². The fourth-order valence-electron chi connectivity index (χ4n) is 5.58. The van der Waals surface area contributed by atoms with Crippen molar-refractivity contribution in [3.8, 4) is 11.5 Å². The number of ether oxygens (including phenoxy) is 2. The Hall–Kier alpha value is -4.28. The van der Waals surface area contributed by atoms with Gasteiger partial charge in [0.15, 0.2) is 11.6 Å². The second-order valence-electron chi connectivity index (χ2n) is 11.5. The first-order valence-corrected chi connectivity index (χ1v) is 15.8. The number of aromatic nitrogens is 2. The van der Waals surface area contributed by atoms with E-state index < -0.39 is 17.7 Å². The van der Waals surface area contributed by atoms with Crippen molar-refractivity contribution in [2.45, 2.75) is 53.0 Å². The number of carbonyl (C=O) groups excluding carboxylic acids is 1. The summed E-state index contributed by atoms with van der Waals surface area (Å²) in [6, 6.07) is 14.0. The second kappa shape index (κ2) is 15.3. The van der Waals surface area contributed by atoms with Gasteiger partial charge in [-0.05, 0) is 101 Å². The normalized spacial score (nSPS) is 13.3. The van der Waals surface area contributed by atoms with Gasteiger partial charge < -0.3 is 19.7 Å². The number of anilines is 3. The average Bonchev–Trinajstić information content (AvgIpc) is 3.03. The highest BCUT2D eigenvalue weighted by Crippen LogP contribution is 2.28. The summed E-state index contributed by atoms with van der Waals surface area (Å²) in [4.78, 5) is 26.0. The van der Waals surface area contributed by atoms with Crippen molar-refractivity contribution in [3.05, 3.63) is 99.7 Å². The molecule has 242 valence electrons. The van der Waals surface area contributed by atoms with Crippen LogP contribution in [0.3, 0.4) is 0 Å². The van der Waals surface area contributed by atoms with E-state index in [-0.39, 0.29) is 29.6 Å². The molecule has 5 rings (SSSR count). The Morgan fingerprint density at radius 3 is 2.48 bits per heavy atom. The van der Waals surface area contributed by atoms with E-state index in [1.807, 2.05) is 32.9 Å². The topological polar surface area (TPSA) is 79.8 Å². The van der Waals surface area contributed by atoms with E-state index in [9.17, 15) is 13.6 Å². The minimum atomic E-state index is -0.771. The number of piperidine rings is 1. The van der Waals surface area contributed by atoms with Gasteiger partial charge in [0.1, 0.15) is 17.4 Å². The van der Waals surface area contributed by atoms with Crippen LogP contribution in [0.5, 0.6) is 11.5 Å². The third kappa shape index (κ3) is 8.70. The van der Waals surface area contributed by atoms with Gasteiger partial charge in [-0.15, -0.1) is 0 Å². The van der Waals surface area contributed by atoms with Gasteiger partial charge in [-0.2, -0.15) is 4.98 Å². The van der Waals surface area contributed by atoms with Gasteiger partial charge in [0, 0.05) is 35.1 Å². The van der Waals surface area contributed by atoms with Crippen LogP contribution in [0.4, 0.5) is 31.0 Å². The number of likely N-dealkylation sites (tertiary alicyclic amines) is 1. The van der Waals surface area contributed by atoms with E-state index in [1.54, 1.807) is 12.1 Å². The van der Waals surface area contributed by atoms with Gasteiger partial charge in [0.05, 0.1) is 13.2 Å². The largest absolute Gasteiger partial charge is 0.490 e. The zero-order valence-electron chi connectivity index (χ0n) is 26.3. The lowest BCUT2D eigenvalue weighted by Crippen LogP contribution is -2.34. The maximum atomic E-state index is 14.9. The van der Waals surface area contributed by atoms with E-state index in [0.717, 1.165) is 42.7 Å². The van der Waals surface area contributed by atoms with Crippen LogP contribution in [0.25, 0.3) is 0 Å². The van der Waals surface area contributed by atoms with Crippen LogP contribution in [0.15, 0.2) is 60.8 Å². The zero-order chi connectivity index (χ0) is 32.6. The molecule has 1 N–H and O–H groups in total. The fourth-order valence-corrected chi connectivity index (χ4v) is 5.78. The van der Waals surface area contributed by atoms with Gasteiger partial charge in [0.2, 0.25) is 5.95 Å². The molecule has 3 aromatic carbocycles. The van der Waals surface area contributed by atoms with Crippen LogP contribution in [0.1, 0.15) is 47.9 Å². The maximum absolute atomic E-state index is 14.9. The number of nitrogens with one attached hydrogen (secondary N) is 1. The monoisotopic (exact) mass is 649 g/mol. The van der Waals surface area contributed by atoms with Crippen molar-refractivity contribution in [2.24, 2.45) is 0 Å². The van der Waals surface area contributed by atoms with E-state index in [2.05, 4.69) is 20.2 Å². The predicted molar refractivity (Wildman–Crippen MR) is 176 cm³/mol. The number of amides is 1. The van der Waals surface area contributed by atoms with Crippen LogP contribution in [-0.2, 0) is 6.54 Å². The summed E-state index contributed by atoms with van der Waals surface area (Å²) >= 11 is 6.14. The third-order valence-corrected chi connectivity index (χ3v) is 8.02. The molecule has 0 unspecified atom stereocenters. The molecule has 1 fully saturated rings. The van der Waals surface area contributed by atoms with E-state index in [1.165, 1.54) is 60.7 Å². The summed E-state index contributed by atoms with van der Waals surface area (Å²) in [5.41, 5.74) is 3.14. The lowest BCUT2D eigenvalue weighted by Gasteiger charge is -2.26. The molecule has 1 amide bonds. The summed E-state index contributed by atoms with van der Waals surface area (Å²) in [6.07, 6.45) is 5.23. The Labute approximate surface area is 273 Å². The molecule has 2 heterocycles. The van der Waals surface area contributed by atoms with Crippen LogP contribution < -0.4 is 19.7 Å². The Morgan fingerprint density at radius 1 is 0.978 bits per heavy atom. The maximum Gasteiger partial charge on any atom is 0.421 e. The molecule has 0 radical (unpaired) electrons. The highest BCUT2D eigenvalue weighted by molar-refractivity contribution is 6.30. The quantitative estimate of drug-likeness (QED) is 0.163. The van der Waals surface area contributed by atoms with Gasteiger partial charge in [0.25, 0.3) is 0 Å². The lowest BCUT2D eigenvalue weighted by atomic mass is 10.1. The molecule has 8 nitrogen and oxygen atoms in total. The minimum Gasteiger partial charge on any atom is -0.490 e. The molecule has 1 aromatic heterocycles. The SMILES string of the molecule is Cc1cc(C)c(OC(=O)N(Cc2cc(Cl)ccc2F)c2ccnc(Nc3ccc(OCCCN4CCCCC4)c(F)c3)n2)c(C)c1. The van der Waals surface area contributed by atoms with Crippen molar-refractivity contribution in [1.29, 1.82) is 0 Å². The number of benzene rings is 3. The average molecular weight is 650 g/mol. The summed E-state index contributed by atoms with van der Waals surface area (Å²) in [5.74, 6) is -0.259. The molecule has 1 saturated heterocycles. The molecule has 0 saturated carbocycles. The first-order valence-electron chi connectivity index (χ1n) is 15.4. The van der Waals surface area contributed by atoms with Crippen molar-refractivity contribution >= 4 is 35.1 Å². The Bertz CT molecular complexity index is 1660. The molecular weight excluding hydrogens is 612 g/mol. The summed E-state index contributed by atoms with van der Waals surface area (Å²) in [6.45, 7) is 9.02. The molecule has 11 heteroatoms. The molecule has 0 bridgehead atoms. The number of halogens is 3. The van der Waals surface area contributed by atoms with Gasteiger partial charge >= 0.3 is 6.09 Å². The number of aryl methyl sites for hydroxylation is 3. The molecule has 0 spiro atoms. The predicted octanol–water partition coefficient (Wildman–Crippen LogP) is 8.54. The fraction of sp³-hybridized carbons (Fsp3) is 0.343. The second-order valence-corrected chi connectivity index (χ2v) is 12.0. The number of hydrogen-bond donors (Lipinski definition) is 1. The summed E-state index contributed by atoms with van der Waals surface area (Å²) in [7, 11) is 0. The Balaban J connectivity index is 1.31. The van der Waals surface area contributed by atoms with Crippen molar-refractivity contribution < 1.29 is 23.0 Å². The zero-order valence-corrected chi connectivity index (χ0v) is 27.0. The molecular formula is C35H38ClF2N5O3. The number of rotatable bonds is 11. The number of hydrogen-bond acceptors (Lipinski definition) is 7. The number of carbonyl (C=O) groups is 1. The standard InChI is InChI=1S/C35H38ClF2N5O3/c1-23-18-24(2)33(25(3)19-23)46-35(44)43(22-26-20-27(36)8-10-29(26)37)32-12-13-39-34(41-32)40-28-9-11-31(30(38)21-28)45-17-7-16-42-14-5-4-6-15-42/h8-13,18-21H,4-7,14-17,22H2,1-3H3,(H,39,40,41). The minimum absolute atomic E-state index is 0.0964. The van der Waals surface area contributed by atoms with Gasteiger partial charge in [-0.1, -0.05) is 35.7 Å². The summed E-state index contributed by atoms with van der Waals surface area (Å²) in [5, 5.41) is 3.29. The van der Waals surface area contributed by atoms with Gasteiger partial charge in [-0.25, -0.2) is 18.6 Å². The lowest BCUT2D eigenvalue weighted by molar-refractivity contribution is 0.203. The Kier molecular flexibility index (Phi) is 11.0. The van der Waals surface area contributed by atoms with Crippen LogP contribution in [0, 0.1) is 32.4 Å². The van der Waals surface area contributed by atoms with E-state index >= 15 is 0 Å². The van der Waals surface area contributed by atoms with Crippen molar-refractivity contribution in [3.63, 3.8) is 0 Å². The van der Waals surface area contributed by atoms with Crippen LogP contribution in [-0.4, -0.2) is 47.2 Å². The summed E-state index contributed by atoms with van der Waals surface area (Å²) < 4.78 is 41.3. The van der Waals surface area contributed by atoms with Crippen molar-refractivity contribution in [2.75, 3.05) is 36.5 Å². The molecule has 1 aliphatic rings. The highest BCUT2D eigenvalue weighted by Gasteiger charge is 2.24. The van der Waals surface area contributed by atoms with E-state index in [0.29, 0.717) is 23.1 Å². The molecule has 1 aliphatic heterocycles. The number of nitrogens with zero attached hydrogens (tertiary/aromatic N) is 4. The van der Waals surface area contributed by atoms with Gasteiger partial charge in [-0.3, -0.25) is 4.90 Å². The van der Waals surface area contributed by atoms with E-state index in [4.69, 9.17) is 21.1 Å². The molecule has 4 aromatic rings. The highest BCUT2D eigenvalue weighted by atomic mass is 35.5. The van der Waals surface area contributed by atoms with Crippen LogP contribution >= 0.6 is 11.6 Å². The molecule has 46 heavy (non-hydrogen) atoms. The smallest absolute Gasteiger partial charge is 0.421 e. The third-order valence-electron chi connectivity index (χ3n) is 7.78. The Morgan fingerprint density at radius 2 is 1.74 bits per heavy atom. The molecule has 0 atom stereocenters.